The van der Waals surface area contributed by atoms with Crippen LogP contribution in [0.25, 0.3) is 0 Å². The molecule has 0 rings (SSSR count). The van der Waals surface area contributed by atoms with Gasteiger partial charge < -0.3 is 0 Å². The Kier molecular flexibility index (Phi) is 4.86. The Bertz CT molecular complexity index is 258. The van der Waals surface area contributed by atoms with Crippen LogP contribution in [0.3, 0.4) is 0 Å². The zero-order valence-corrected chi connectivity index (χ0v) is 9.67. The van der Waals surface area contributed by atoms with Gasteiger partial charge in [0.05, 0.1) is 0 Å². The molecular formula is C7H10N2O2W. The molecule has 0 saturated heterocycles. The van der Waals surface area contributed by atoms with Gasteiger partial charge in [-0.2, -0.15) is 0 Å². The Hall–Kier alpha value is -0.602. The predicted octanol–water partition coefficient (Wildman–Crippen LogP) is 0.749. The number of hydrogen-bond acceptors (Lipinski definition) is 3. The molecule has 0 atom stereocenters. The molecule has 66 valence electrons. The predicted molar refractivity (Wildman–Crippen MR) is 43.7 cm³/mol. The second kappa shape index (κ2) is 5.12. The number of rotatable bonds is 4. The second-order valence-electron chi connectivity index (χ2n) is 2.14. The second-order valence-corrected chi connectivity index (χ2v) is 3.72. The number of nitro groups is 1. The summed E-state index contributed by atoms with van der Waals surface area (Å²) in [5.41, 5.74) is 6.20. The molecular weight excluding hydrogens is 328 g/mol. The van der Waals surface area contributed by atoms with Crippen LogP contribution in [0.4, 0.5) is 0 Å². The van der Waals surface area contributed by atoms with Gasteiger partial charge in [0.15, 0.2) is 0 Å². The number of allylic oxidation sites excluding steroid dienone is 1. The SMILES string of the molecule is C=C(/C=C(/CC)[C](N)=[W])[N+](=O)[O-]. The first kappa shape index (κ1) is 11.4. The number of nitrogens with zero attached hydrogens (tertiary/aromatic N) is 1. The van der Waals surface area contributed by atoms with Crippen molar-refractivity contribution < 1.29 is 24.3 Å². The van der Waals surface area contributed by atoms with Gasteiger partial charge >= 0.3 is 81.4 Å². The fraction of sp³-hybridized carbons (Fsp3) is 0.286. The van der Waals surface area contributed by atoms with Crippen molar-refractivity contribution in [3.05, 3.63) is 34.0 Å². The first-order chi connectivity index (χ1) is 5.49. The van der Waals surface area contributed by atoms with E-state index in [0.717, 1.165) is 24.9 Å². The molecule has 0 aromatic rings. The van der Waals surface area contributed by atoms with E-state index in [1.807, 2.05) is 6.92 Å². The molecule has 0 unspecified atom stereocenters. The van der Waals surface area contributed by atoms with Crippen LogP contribution in [-0.4, -0.2) is 8.95 Å². The summed E-state index contributed by atoms with van der Waals surface area (Å²) in [6, 6.07) is 0. The van der Waals surface area contributed by atoms with Crippen molar-refractivity contribution in [1.82, 2.24) is 0 Å². The van der Waals surface area contributed by atoms with Gasteiger partial charge in [-0.25, -0.2) is 0 Å². The zero-order valence-electron chi connectivity index (χ0n) is 6.74. The third-order valence-corrected chi connectivity index (χ3v) is 2.21. The van der Waals surface area contributed by atoms with Gasteiger partial charge in [0, 0.05) is 0 Å². The molecule has 0 aliphatic carbocycles. The molecule has 0 amide bonds. The molecule has 0 aliphatic heterocycles. The van der Waals surface area contributed by atoms with Gasteiger partial charge in [0.25, 0.3) is 0 Å². The van der Waals surface area contributed by atoms with Crippen molar-refractivity contribution in [2.45, 2.75) is 13.3 Å². The standard InChI is InChI=1S/C7H10N2O2.W/c1-3-7(5-8)4-6(2)9(10)11;/h4H,2-3,8H2,1H3;/b7-4-;. The van der Waals surface area contributed by atoms with Gasteiger partial charge in [-0.3, -0.25) is 0 Å². The molecule has 4 nitrogen and oxygen atoms in total. The van der Waals surface area contributed by atoms with E-state index in [9.17, 15) is 10.1 Å². The summed E-state index contributed by atoms with van der Waals surface area (Å²) in [6.45, 7) is 5.19. The van der Waals surface area contributed by atoms with E-state index in [2.05, 4.69) is 6.58 Å². The molecule has 0 bridgehead atoms. The van der Waals surface area contributed by atoms with Crippen LogP contribution in [0.1, 0.15) is 13.3 Å². The molecule has 0 aromatic heterocycles. The average Bonchev–Trinajstić information content (AvgIpc) is 1.98. The van der Waals surface area contributed by atoms with Crippen LogP contribution in [0.2, 0.25) is 0 Å². The first-order valence-electron chi connectivity index (χ1n) is 3.32. The fourth-order valence-electron chi connectivity index (χ4n) is 0.601. The Morgan fingerprint density at radius 1 is 1.83 bits per heavy atom. The van der Waals surface area contributed by atoms with Crippen LogP contribution >= 0.6 is 0 Å². The molecule has 0 fully saturated rings. The molecule has 12 heavy (non-hydrogen) atoms. The third-order valence-electron chi connectivity index (χ3n) is 1.27. The Morgan fingerprint density at radius 3 is 2.58 bits per heavy atom. The number of nitrogens with two attached hydrogens (primary N) is 1. The minimum atomic E-state index is -0.520. The van der Waals surface area contributed by atoms with Gasteiger partial charge in [-0.1, -0.05) is 0 Å². The van der Waals surface area contributed by atoms with Crippen molar-refractivity contribution in [2.75, 3.05) is 0 Å². The van der Waals surface area contributed by atoms with Crippen molar-refractivity contribution in [1.29, 1.82) is 0 Å². The topological polar surface area (TPSA) is 69.2 Å². The summed E-state index contributed by atoms with van der Waals surface area (Å²) in [5.74, 6) is 0. The Labute approximate surface area is 81.7 Å². The molecule has 0 heterocycles. The molecule has 0 saturated carbocycles. The molecule has 5 heteroatoms. The van der Waals surface area contributed by atoms with Crippen LogP contribution in [0.15, 0.2) is 23.9 Å². The van der Waals surface area contributed by atoms with Crippen molar-refractivity contribution in [3.8, 4) is 0 Å². The normalized spacial score (nSPS) is 11.0. The van der Waals surface area contributed by atoms with E-state index in [-0.39, 0.29) is 5.70 Å². The van der Waals surface area contributed by atoms with E-state index in [0.29, 0.717) is 10.4 Å². The summed E-state index contributed by atoms with van der Waals surface area (Å²) in [4.78, 5) is 9.67. The van der Waals surface area contributed by atoms with Gasteiger partial charge in [-0.15, -0.1) is 0 Å². The van der Waals surface area contributed by atoms with Crippen LogP contribution in [0.5, 0.6) is 0 Å². The van der Waals surface area contributed by atoms with E-state index in [1.165, 1.54) is 6.08 Å². The average molecular weight is 338 g/mol. The maximum absolute atomic E-state index is 10.2. The van der Waals surface area contributed by atoms with E-state index in [1.54, 1.807) is 0 Å². The molecule has 2 N–H and O–H groups in total. The van der Waals surface area contributed by atoms with Crippen LogP contribution in [0, 0.1) is 10.1 Å². The summed E-state index contributed by atoms with van der Waals surface area (Å²) in [7, 11) is 0. The maximum atomic E-state index is 10.2. The zero-order chi connectivity index (χ0) is 9.72. The van der Waals surface area contributed by atoms with E-state index < -0.39 is 4.92 Å². The van der Waals surface area contributed by atoms with Gasteiger partial charge in [0.1, 0.15) is 0 Å². The fourth-order valence-corrected chi connectivity index (χ4v) is 1.33. The first-order valence-corrected chi connectivity index (χ1v) is 4.79. The number of hydrogen-bond donors (Lipinski definition) is 1. The Morgan fingerprint density at radius 2 is 2.33 bits per heavy atom. The molecule has 0 aromatic carbocycles. The van der Waals surface area contributed by atoms with Crippen LogP contribution < -0.4 is 5.73 Å². The third kappa shape index (κ3) is 3.69. The summed E-state index contributed by atoms with van der Waals surface area (Å²) in [5, 5.41) is 10.2. The van der Waals surface area contributed by atoms with Crippen molar-refractivity contribution >= 4 is 4.02 Å². The van der Waals surface area contributed by atoms with Crippen molar-refractivity contribution in [2.24, 2.45) is 5.73 Å². The van der Waals surface area contributed by atoms with Gasteiger partial charge in [-0.05, 0) is 0 Å². The Balaban J connectivity index is 4.61. The summed E-state index contributed by atoms with van der Waals surface area (Å²) in [6.07, 6.45) is 2.12. The molecule has 0 radical (unpaired) electrons. The molecule has 0 aliphatic rings. The quantitative estimate of drug-likeness (QED) is 0.467. The summed E-state index contributed by atoms with van der Waals surface area (Å²) < 4.78 is 0.681. The van der Waals surface area contributed by atoms with E-state index >= 15 is 0 Å². The monoisotopic (exact) mass is 338 g/mol. The van der Waals surface area contributed by atoms with Crippen molar-refractivity contribution in [3.63, 3.8) is 0 Å². The van der Waals surface area contributed by atoms with Crippen LogP contribution in [-0.2, 0) is 19.4 Å². The molecule has 0 spiro atoms. The minimum absolute atomic E-state index is 0.115. The summed E-state index contributed by atoms with van der Waals surface area (Å²) >= 11 is 1.12. The van der Waals surface area contributed by atoms with Gasteiger partial charge in [0.2, 0.25) is 0 Å². The van der Waals surface area contributed by atoms with E-state index in [4.69, 9.17) is 5.73 Å².